The molecule has 0 aliphatic carbocycles. The van der Waals surface area contributed by atoms with Gasteiger partial charge in [0.2, 0.25) is 0 Å². The summed E-state index contributed by atoms with van der Waals surface area (Å²) in [6.45, 7) is 6.10. The monoisotopic (exact) mass is 261 g/mol. The van der Waals surface area contributed by atoms with Crippen LogP contribution in [-0.2, 0) is 0 Å². The van der Waals surface area contributed by atoms with E-state index in [0.29, 0.717) is 11.8 Å². The van der Waals surface area contributed by atoms with Gasteiger partial charge in [-0.25, -0.2) is 8.78 Å². The Kier molecular flexibility index (Phi) is 4.90. The Labute approximate surface area is 107 Å². The molecule has 1 nitrogen and oxygen atoms in total. The fraction of sp³-hybridized carbons (Fsp3) is 0.538. The number of hydrogen-bond acceptors (Lipinski definition) is 1. The van der Waals surface area contributed by atoms with Crippen molar-refractivity contribution < 1.29 is 8.78 Å². The van der Waals surface area contributed by atoms with Gasteiger partial charge in [-0.1, -0.05) is 13.8 Å². The molecule has 1 N–H and O–H groups in total. The standard InChI is InChI=1S/C13H17F2N.ClH/c1-8(2)13(10-6-16-7-10)9-3-11(14)5-12(15)4-9;/h3-5,8,10,13,16H,6-7H2,1-2H3;1H/t13-;/m1./s1. The van der Waals surface area contributed by atoms with Crippen LogP contribution in [0.15, 0.2) is 18.2 Å². The smallest absolute Gasteiger partial charge is 0.126 e. The molecule has 0 aromatic heterocycles. The zero-order valence-corrected chi connectivity index (χ0v) is 10.9. The molecule has 0 spiro atoms. The van der Waals surface area contributed by atoms with Gasteiger partial charge in [-0.2, -0.15) is 0 Å². The van der Waals surface area contributed by atoms with E-state index in [-0.39, 0.29) is 18.3 Å². The number of halogens is 3. The molecular formula is C13H18ClF2N. The zero-order chi connectivity index (χ0) is 11.7. The third kappa shape index (κ3) is 3.17. The van der Waals surface area contributed by atoms with Gasteiger partial charge < -0.3 is 5.32 Å². The van der Waals surface area contributed by atoms with Crippen molar-refractivity contribution in [2.75, 3.05) is 13.1 Å². The first-order chi connectivity index (χ1) is 7.58. The topological polar surface area (TPSA) is 12.0 Å². The molecule has 0 unspecified atom stereocenters. The van der Waals surface area contributed by atoms with Crippen molar-refractivity contribution >= 4 is 12.4 Å². The van der Waals surface area contributed by atoms with E-state index in [1.165, 1.54) is 12.1 Å². The van der Waals surface area contributed by atoms with Gasteiger partial charge in [0.15, 0.2) is 0 Å². The molecule has 1 aliphatic rings. The summed E-state index contributed by atoms with van der Waals surface area (Å²) < 4.78 is 26.4. The van der Waals surface area contributed by atoms with Crippen LogP contribution in [0, 0.1) is 23.5 Å². The van der Waals surface area contributed by atoms with Gasteiger partial charge >= 0.3 is 0 Å². The molecule has 0 amide bonds. The van der Waals surface area contributed by atoms with Gasteiger partial charge in [0.1, 0.15) is 11.6 Å². The molecule has 0 bridgehead atoms. The predicted molar refractivity (Wildman–Crippen MR) is 67.5 cm³/mol. The molecule has 2 rings (SSSR count). The summed E-state index contributed by atoms with van der Waals surface area (Å²) in [7, 11) is 0. The predicted octanol–water partition coefficient (Wildman–Crippen LogP) is 3.35. The maximum absolute atomic E-state index is 13.2. The summed E-state index contributed by atoms with van der Waals surface area (Å²) in [5.74, 6) is 0.182. The minimum Gasteiger partial charge on any atom is -0.316 e. The number of nitrogens with one attached hydrogen (secondary N) is 1. The largest absolute Gasteiger partial charge is 0.316 e. The van der Waals surface area contributed by atoms with E-state index in [9.17, 15) is 8.78 Å². The maximum Gasteiger partial charge on any atom is 0.126 e. The van der Waals surface area contributed by atoms with Crippen molar-refractivity contribution in [3.05, 3.63) is 35.4 Å². The van der Waals surface area contributed by atoms with E-state index >= 15 is 0 Å². The summed E-state index contributed by atoms with van der Waals surface area (Å²) in [5.41, 5.74) is 0.791. The Morgan fingerprint density at radius 3 is 2.00 bits per heavy atom. The third-order valence-electron chi connectivity index (χ3n) is 3.31. The van der Waals surface area contributed by atoms with E-state index in [1.807, 2.05) is 0 Å². The van der Waals surface area contributed by atoms with E-state index in [1.54, 1.807) is 0 Å². The molecule has 17 heavy (non-hydrogen) atoms. The van der Waals surface area contributed by atoms with Gasteiger partial charge in [-0.15, -0.1) is 12.4 Å². The fourth-order valence-electron chi connectivity index (χ4n) is 2.53. The van der Waals surface area contributed by atoms with E-state index < -0.39 is 11.6 Å². The second kappa shape index (κ2) is 5.78. The molecule has 0 radical (unpaired) electrons. The summed E-state index contributed by atoms with van der Waals surface area (Å²) in [4.78, 5) is 0. The molecule has 1 aliphatic heterocycles. The second-order valence-electron chi connectivity index (χ2n) is 4.89. The van der Waals surface area contributed by atoms with E-state index in [4.69, 9.17) is 0 Å². The highest BCUT2D eigenvalue weighted by atomic mass is 35.5. The molecule has 4 heteroatoms. The number of rotatable bonds is 3. The van der Waals surface area contributed by atoms with Crippen LogP contribution in [0.5, 0.6) is 0 Å². The highest BCUT2D eigenvalue weighted by Gasteiger charge is 2.30. The fourth-order valence-corrected chi connectivity index (χ4v) is 2.53. The maximum atomic E-state index is 13.2. The van der Waals surface area contributed by atoms with Crippen LogP contribution >= 0.6 is 12.4 Å². The van der Waals surface area contributed by atoms with Gasteiger partial charge in [-0.05, 0) is 48.5 Å². The van der Waals surface area contributed by atoms with Gasteiger partial charge in [0, 0.05) is 6.07 Å². The summed E-state index contributed by atoms with van der Waals surface area (Å²) in [6.07, 6.45) is 0. The Hall–Kier alpha value is -0.670. The Balaban J connectivity index is 0.00000144. The van der Waals surface area contributed by atoms with Crippen LogP contribution in [0.4, 0.5) is 8.78 Å². The lowest BCUT2D eigenvalue weighted by atomic mass is 9.75. The lowest BCUT2D eigenvalue weighted by Crippen LogP contribution is -2.46. The lowest BCUT2D eigenvalue weighted by molar-refractivity contribution is 0.246. The zero-order valence-electron chi connectivity index (χ0n) is 10.0. The highest BCUT2D eigenvalue weighted by molar-refractivity contribution is 5.85. The lowest BCUT2D eigenvalue weighted by Gasteiger charge is -2.37. The normalized spacial score (nSPS) is 17.5. The number of hydrogen-bond donors (Lipinski definition) is 1. The molecule has 0 saturated carbocycles. The number of benzene rings is 1. The molecule has 1 atom stereocenters. The van der Waals surface area contributed by atoms with Gasteiger partial charge in [-0.3, -0.25) is 0 Å². The Bertz CT molecular complexity index is 357. The molecular weight excluding hydrogens is 244 g/mol. The Morgan fingerprint density at radius 1 is 1.12 bits per heavy atom. The van der Waals surface area contributed by atoms with Crippen LogP contribution in [0.3, 0.4) is 0 Å². The molecule has 1 aromatic carbocycles. The third-order valence-corrected chi connectivity index (χ3v) is 3.31. The molecule has 1 fully saturated rings. The average molecular weight is 262 g/mol. The SMILES string of the molecule is CC(C)[C@H](c1cc(F)cc(F)c1)C1CNC1.Cl. The molecule has 96 valence electrons. The van der Waals surface area contributed by atoms with Crippen molar-refractivity contribution in [1.82, 2.24) is 5.32 Å². The highest BCUT2D eigenvalue weighted by Crippen LogP contribution is 2.34. The van der Waals surface area contributed by atoms with Crippen molar-refractivity contribution in [3.8, 4) is 0 Å². The van der Waals surface area contributed by atoms with Crippen LogP contribution < -0.4 is 5.32 Å². The quantitative estimate of drug-likeness (QED) is 0.880. The first-order valence-corrected chi connectivity index (χ1v) is 5.74. The van der Waals surface area contributed by atoms with Crippen LogP contribution in [0.25, 0.3) is 0 Å². The molecule has 1 saturated heterocycles. The van der Waals surface area contributed by atoms with Gasteiger partial charge in [0.05, 0.1) is 0 Å². The summed E-state index contributed by atoms with van der Waals surface area (Å²) in [6, 6.07) is 3.86. The van der Waals surface area contributed by atoms with Crippen molar-refractivity contribution in [1.29, 1.82) is 0 Å². The Morgan fingerprint density at radius 2 is 1.65 bits per heavy atom. The second-order valence-corrected chi connectivity index (χ2v) is 4.89. The van der Waals surface area contributed by atoms with Gasteiger partial charge in [0.25, 0.3) is 0 Å². The average Bonchev–Trinajstić information content (AvgIpc) is 2.08. The summed E-state index contributed by atoms with van der Waals surface area (Å²) >= 11 is 0. The van der Waals surface area contributed by atoms with E-state index in [0.717, 1.165) is 24.7 Å². The minimum absolute atomic E-state index is 0. The van der Waals surface area contributed by atoms with Crippen molar-refractivity contribution in [2.24, 2.45) is 11.8 Å². The minimum atomic E-state index is -0.479. The first kappa shape index (κ1) is 14.4. The van der Waals surface area contributed by atoms with Crippen LogP contribution in [0.2, 0.25) is 0 Å². The van der Waals surface area contributed by atoms with E-state index in [2.05, 4.69) is 19.2 Å². The van der Waals surface area contributed by atoms with Crippen LogP contribution in [-0.4, -0.2) is 13.1 Å². The van der Waals surface area contributed by atoms with Crippen molar-refractivity contribution in [2.45, 2.75) is 19.8 Å². The van der Waals surface area contributed by atoms with Crippen molar-refractivity contribution in [3.63, 3.8) is 0 Å². The van der Waals surface area contributed by atoms with Crippen LogP contribution in [0.1, 0.15) is 25.3 Å². The summed E-state index contributed by atoms with van der Waals surface area (Å²) in [5, 5.41) is 3.21. The molecule has 1 aromatic rings. The molecule has 1 heterocycles. The first-order valence-electron chi connectivity index (χ1n) is 5.74.